The van der Waals surface area contributed by atoms with Gasteiger partial charge in [0.25, 0.3) is 0 Å². The minimum atomic E-state index is -0.415. The minimum absolute atomic E-state index is 0.0321. The Morgan fingerprint density at radius 2 is 1.97 bits per heavy atom. The molecule has 1 atom stereocenters. The highest BCUT2D eigenvalue weighted by atomic mass is 19.1. The van der Waals surface area contributed by atoms with Crippen molar-refractivity contribution in [3.8, 4) is 0 Å². The van der Waals surface area contributed by atoms with Gasteiger partial charge in [-0.25, -0.2) is 9.18 Å². The summed E-state index contributed by atoms with van der Waals surface area (Å²) in [6.07, 6.45) is 3.48. The van der Waals surface area contributed by atoms with Crippen molar-refractivity contribution in [2.75, 3.05) is 32.8 Å². The molecular weight excluding hydrogens is 409 g/mol. The van der Waals surface area contributed by atoms with Crippen LogP contribution < -0.4 is 5.73 Å². The molecule has 1 saturated heterocycles. The quantitative estimate of drug-likeness (QED) is 0.497. The first kappa shape index (κ1) is 22.5. The Morgan fingerprint density at radius 3 is 2.75 bits per heavy atom. The van der Waals surface area contributed by atoms with Gasteiger partial charge in [0.05, 0.1) is 25.4 Å². The van der Waals surface area contributed by atoms with Crippen LogP contribution in [0.2, 0.25) is 0 Å². The first-order valence-electron chi connectivity index (χ1n) is 11.1. The van der Waals surface area contributed by atoms with E-state index in [4.69, 9.17) is 15.2 Å². The van der Waals surface area contributed by atoms with E-state index >= 15 is 0 Å². The first-order chi connectivity index (χ1) is 15.6. The van der Waals surface area contributed by atoms with E-state index in [0.29, 0.717) is 36.7 Å². The number of likely N-dealkylation sites (tertiary alicyclic amines) is 1. The van der Waals surface area contributed by atoms with Crippen LogP contribution in [-0.4, -0.2) is 54.7 Å². The number of nitrogens with two attached hydrogens (primary N) is 1. The molecule has 3 N–H and O–H groups in total. The van der Waals surface area contributed by atoms with Crippen LogP contribution in [0.3, 0.4) is 0 Å². The molecule has 3 aromatic rings. The maximum atomic E-state index is 13.5. The number of esters is 1. The second kappa shape index (κ2) is 10.7. The molecule has 0 saturated carbocycles. The largest absolute Gasteiger partial charge is 0.462 e. The monoisotopic (exact) mass is 439 g/mol. The van der Waals surface area contributed by atoms with Crippen LogP contribution in [-0.2, 0) is 16.1 Å². The van der Waals surface area contributed by atoms with Crippen LogP contribution >= 0.6 is 0 Å². The van der Waals surface area contributed by atoms with Crippen LogP contribution in [0, 0.1) is 11.7 Å². The van der Waals surface area contributed by atoms with Crippen LogP contribution in [0.5, 0.6) is 0 Å². The molecule has 7 heteroatoms. The van der Waals surface area contributed by atoms with Crippen molar-refractivity contribution in [2.45, 2.75) is 25.5 Å². The molecule has 32 heavy (non-hydrogen) atoms. The summed E-state index contributed by atoms with van der Waals surface area (Å²) in [7, 11) is 0. The summed E-state index contributed by atoms with van der Waals surface area (Å²) in [4.78, 5) is 17.8. The fraction of sp³-hybridized carbons (Fsp3) is 0.400. The highest BCUT2D eigenvalue weighted by molar-refractivity contribution is 6.04. The van der Waals surface area contributed by atoms with Gasteiger partial charge in [0.15, 0.2) is 0 Å². The molecule has 0 amide bonds. The number of ether oxygens (including phenoxy) is 2. The molecule has 1 aliphatic heterocycles. The number of carbonyl (C=O) groups excluding carboxylic acids is 1. The van der Waals surface area contributed by atoms with Gasteiger partial charge in [0, 0.05) is 29.7 Å². The molecule has 0 radical (unpaired) electrons. The molecule has 0 spiro atoms. The van der Waals surface area contributed by atoms with Gasteiger partial charge in [-0.05, 0) is 55.6 Å². The van der Waals surface area contributed by atoms with E-state index < -0.39 is 5.97 Å². The van der Waals surface area contributed by atoms with Gasteiger partial charge in [-0.1, -0.05) is 30.3 Å². The van der Waals surface area contributed by atoms with Crippen LogP contribution in [0.15, 0.2) is 54.7 Å². The van der Waals surface area contributed by atoms with E-state index in [1.54, 1.807) is 12.3 Å². The number of aromatic nitrogens is 1. The lowest BCUT2D eigenvalue weighted by Crippen LogP contribution is -2.44. The number of carbonyl (C=O) groups is 1. The molecular formula is C25H30FN3O3. The molecule has 0 aliphatic carbocycles. The minimum Gasteiger partial charge on any atom is -0.462 e. The van der Waals surface area contributed by atoms with Gasteiger partial charge in [-0.2, -0.15) is 0 Å². The summed E-state index contributed by atoms with van der Waals surface area (Å²) in [6, 6.07) is 14.4. The van der Waals surface area contributed by atoms with Crippen molar-refractivity contribution in [1.29, 1.82) is 0 Å². The molecule has 0 bridgehead atoms. The predicted molar refractivity (Wildman–Crippen MR) is 122 cm³/mol. The van der Waals surface area contributed by atoms with E-state index in [-0.39, 0.29) is 11.9 Å². The van der Waals surface area contributed by atoms with Crippen molar-refractivity contribution < 1.29 is 18.7 Å². The number of aromatic amines is 1. The molecule has 2 heterocycles. The highest BCUT2D eigenvalue weighted by Crippen LogP contribution is 2.22. The number of hydrogen-bond donors (Lipinski definition) is 2. The molecule has 1 fully saturated rings. The molecule has 0 unspecified atom stereocenters. The molecule has 1 aromatic heterocycles. The maximum absolute atomic E-state index is 13.5. The van der Waals surface area contributed by atoms with Crippen molar-refractivity contribution in [2.24, 2.45) is 11.7 Å². The third-order valence-corrected chi connectivity index (χ3v) is 5.96. The van der Waals surface area contributed by atoms with Crippen molar-refractivity contribution in [3.05, 3.63) is 71.7 Å². The summed E-state index contributed by atoms with van der Waals surface area (Å²) in [5.41, 5.74) is 8.48. The van der Waals surface area contributed by atoms with Gasteiger partial charge in [-0.15, -0.1) is 0 Å². The van der Waals surface area contributed by atoms with Crippen LogP contribution in [0.4, 0.5) is 4.39 Å². The average Bonchev–Trinajstić information content (AvgIpc) is 3.22. The van der Waals surface area contributed by atoms with Gasteiger partial charge in [-0.3, -0.25) is 0 Å². The smallest absolute Gasteiger partial charge is 0.340 e. The van der Waals surface area contributed by atoms with Gasteiger partial charge in [0.1, 0.15) is 5.82 Å². The number of hydrogen-bond acceptors (Lipinski definition) is 5. The SMILES string of the molecule is N[C@H](COCc1ccccc1)CN1CCC(COC(=O)c2c[nH]c3ccc(F)cc23)CC1. The van der Waals surface area contributed by atoms with Crippen molar-refractivity contribution in [1.82, 2.24) is 9.88 Å². The third-order valence-electron chi connectivity index (χ3n) is 5.96. The standard InChI is InChI=1S/C25H30FN3O3/c26-20-6-7-24-22(12-20)23(13-28-24)25(30)32-16-19-8-10-29(11-9-19)14-21(27)17-31-15-18-4-2-1-3-5-18/h1-7,12-13,19,21,28H,8-11,14-17,27H2/t21-/m0/s1. The van der Waals surface area contributed by atoms with E-state index in [1.807, 2.05) is 30.3 Å². The summed E-state index contributed by atoms with van der Waals surface area (Å²) >= 11 is 0. The Bertz CT molecular complexity index is 1020. The highest BCUT2D eigenvalue weighted by Gasteiger charge is 2.23. The van der Waals surface area contributed by atoms with Gasteiger partial charge in [0.2, 0.25) is 0 Å². The van der Waals surface area contributed by atoms with Gasteiger partial charge >= 0.3 is 5.97 Å². The lowest BCUT2D eigenvalue weighted by Gasteiger charge is -2.33. The average molecular weight is 440 g/mol. The normalized spacial score (nSPS) is 16.3. The van der Waals surface area contributed by atoms with E-state index in [0.717, 1.165) is 43.6 Å². The number of H-pyrrole nitrogens is 1. The molecule has 170 valence electrons. The number of benzene rings is 2. The second-order valence-electron chi connectivity index (χ2n) is 8.50. The topological polar surface area (TPSA) is 80.6 Å². The zero-order valence-electron chi connectivity index (χ0n) is 18.1. The summed E-state index contributed by atoms with van der Waals surface area (Å²) in [6.45, 7) is 4.12. The zero-order chi connectivity index (χ0) is 22.3. The Hall–Kier alpha value is -2.74. The second-order valence-corrected chi connectivity index (χ2v) is 8.50. The fourth-order valence-corrected chi connectivity index (χ4v) is 4.16. The molecule has 4 rings (SSSR count). The molecule has 1 aliphatic rings. The lowest BCUT2D eigenvalue weighted by molar-refractivity contribution is 0.0359. The number of halogens is 1. The number of nitrogens with one attached hydrogen (secondary N) is 1. The Morgan fingerprint density at radius 1 is 1.19 bits per heavy atom. The Labute approximate surface area is 187 Å². The Balaban J connectivity index is 1.15. The predicted octanol–water partition coefficient (Wildman–Crippen LogP) is 3.72. The lowest BCUT2D eigenvalue weighted by atomic mass is 9.97. The van der Waals surface area contributed by atoms with Crippen molar-refractivity contribution >= 4 is 16.9 Å². The van der Waals surface area contributed by atoms with Crippen LogP contribution in [0.25, 0.3) is 10.9 Å². The summed E-state index contributed by atoms with van der Waals surface area (Å²) < 4.78 is 24.8. The number of nitrogens with zero attached hydrogens (tertiary/aromatic N) is 1. The van der Waals surface area contributed by atoms with E-state index in [9.17, 15) is 9.18 Å². The molecule has 6 nitrogen and oxygen atoms in total. The van der Waals surface area contributed by atoms with E-state index in [1.165, 1.54) is 12.1 Å². The Kier molecular flexibility index (Phi) is 7.52. The number of piperidine rings is 1. The molecule has 2 aromatic carbocycles. The third kappa shape index (κ3) is 5.94. The number of fused-ring (bicyclic) bond motifs is 1. The zero-order valence-corrected chi connectivity index (χ0v) is 18.1. The van der Waals surface area contributed by atoms with E-state index in [2.05, 4.69) is 9.88 Å². The fourth-order valence-electron chi connectivity index (χ4n) is 4.16. The van der Waals surface area contributed by atoms with Crippen LogP contribution in [0.1, 0.15) is 28.8 Å². The van der Waals surface area contributed by atoms with Gasteiger partial charge < -0.3 is 25.1 Å². The number of rotatable bonds is 9. The van der Waals surface area contributed by atoms with Crippen molar-refractivity contribution in [3.63, 3.8) is 0 Å². The summed E-state index contributed by atoms with van der Waals surface area (Å²) in [5, 5.41) is 0.549. The summed E-state index contributed by atoms with van der Waals surface area (Å²) in [5.74, 6) is -0.466. The maximum Gasteiger partial charge on any atom is 0.340 e. The first-order valence-corrected chi connectivity index (χ1v) is 11.1.